The molecule has 1 saturated heterocycles. The molecule has 2 amide bonds. The van der Waals surface area contributed by atoms with Crippen LogP contribution in [0.15, 0.2) is 18.2 Å². The van der Waals surface area contributed by atoms with Gasteiger partial charge in [-0.3, -0.25) is 14.7 Å². The maximum atomic E-state index is 12.8. The number of alkyl halides is 2. The van der Waals surface area contributed by atoms with Crippen LogP contribution in [0.4, 0.5) is 8.78 Å². The smallest absolute Gasteiger partial charge is 0.260 e. The predicted molar refractivity (Wildman–Crippen MR) is 81.7 cm³/mol. The second-order valence-electron chi connectivity index (χ2n) is 6.51. The number of aromatic nitrogens is 2. The number of hydrogen-bond donors (Lipinski definition) is 2. The first-order valence-corrected chi connectivity index (χ1v) is 7.77. The molecule has 2 aliphatic rings. The van der Waals surface area contributed by atoms with E-state index in [0.29, 0.717) is 18.7 Å². The maximum absolute atomic E-state index is 12.8. The molecule has 1 aliphatic heterocycles. The highest BCUT2D eigenvalue weighted by atomic mass is 19.3. The first-order chi connectivity index (χ1) is 11.3. The molecule has 1 aromatic heterocycles. The summed E-state index contributed by atoms with van der Waals surface area (Å²) >= 11 is 0. The highest BCUT2D eigenvalue weighted by Crippen LogP contribution is 2.48. The summed E-state index contributed by atoms with van der Waals surface area (Å²) in [5.74, 6) is -4.82. The van der Waals surface area contributed by atoms with E-state index in [1.165, 1.54) is 0 Å². The van der Waals surface area contributed by atoms with Crippen molar-refractivity contribution in [2.45, 2.75) is 25.3 Å². The fourth-order valence-electron chi connectivity index (χ4n) is 2.99. The van der Waals surface area contributed by atoms with Crippen LogP contribution in [0.25, 0.3) is 10.9 Å². The van der Waals surface area contributed by atoms with Gasteiger partial charge in [-0.2, -0.15) is 5.10 Å². The lowest BCUT2D eigenvalue weighted by molar-refractivity contribution is -0.126. The topological polar surface area (TPSA) is 78.1 Å². The minimum absolute atomic E-state index is 0.139. The van der Waals surface area contributed by atoms with E-state index < -0.39 is 17.7 Å². The van der Waals surface area contributed by atoms with Crippen molar-refractivity contribution < 1.29 is 18.4 Å². The highest BCUT2D eigenvalue weighted by Gasteiger charge is 2.61. The van der Waals surface area contributed by atoms with Crippen LogP contribution in [-0.4, -0.2) is 52.0 Å². The summed E-state index contributed by atoms with van der Waals surface area (Å²) in [6.45, 7) is 2.56. The number of nitrogens with zero attached hydrogens (tertiary/aromatic N) is 2. The standard InChI is InChI=1S/C16H16F2N4O2/c1-8-11-4-9(2-3-13(11)21-20-8)15(24)22-6-10(7-22)19-14(23)12-5-16(12,17)18/h2-4,10,12H,5-7H2,1H3,(H,19,23)(H,20,21). The van der Waals surface area contributed by atoms with Gasteiger partial charge in [0.2, 0.25) is 5.91 Å². The second kappa shape index (κ2) is 4.99. The molecule has 6 nitrogen and oxygen atoms in total. The Bertz CT molecular complexity index is 842. The number of amides is 2. The summed E-state index contributed by atoms with van der Waals surface area (Å²) in [4.78, 5) is 25.7. The van der Waals surface area contributed by atoms with Crippen molar-refractivity contribution in [2.24, 2.45) is 5.92 Å². The molecule has 24 heavy (non-hydrogen) atoms. The zero-order valence-corrected chi connectivity index (χ0v) is 13.0. The molecule has 2 fully saturated rings. The number of hydrogen-bond acceptors (Lipinski definition) is 3. The number of rotatable bonds is 3. The minimum atomic E-state index is -2.86. The van der Waals surface area contributed by atoms with Gasteiger partial charge < -0.3 is 10.2 Å². The zero-order chi connectivity index (χ0) is 17.1. The number of aryl methyl sites for hydroxylation is 1. The first-order valence-electron chi connectivity index (χ1n) is 7.77. The lowest BCUT2D eigenvalue weighted by Crippen LogP contribution is -2.61. The van der Waals surface area contributed by atoms with E-state index in [4.69, 9.17) is 0 Å². The van der Waals surface area contributed by atoms with Gasteiger partial charge in [0.05, 0.1) is 11.6 Å². The van der Waals surface area contributed by atoms with E-state index in [1.807, 2.05) is 6.92 Å². The Balaban J connectivity index is 1.36. The SMILES string of the molecule is Cc1[nH]nc2ccc(C(=O)N3CC(NC(=O)C4CC4(F)F)C3)cc12. The van der Waals surface area contributed by atoms with Gasteiger partial charge in [-0.15, -0.1) is 0 Å². The Morgan fingerprint density at radius 1 is 1.38 bits per heavy atom. The van der Waals surface area contributed by atoms with E-state index >= 15 is 0 Å². The van der Waals surface area contributed by atoms with E-state index in [0.717, 1.165) is 16.6 Å². The second-order valence-corrected chi connectivity index (χ2v) is 6.51. The Morgan fingerprint density at radius 3 is 2.75 bits per heavy atom. The van der Waals surface area contributed by atoms with E-state index in [-0.39, 0.29) is 18.4 Å². The Morgan fingerprint density at radius 2 is 2.08 bits per heavy atom. The first kappa shape index (κ1) is 15.0. The Labute approximate surface area is 136 Å². The van der Waals surface area contributed by atoms with Crippen molar-refractivity contribution in [1.82, 2.24) is 20.4 Å². The summed E-state index contributed by atoms with van der Waals surface area (Å²) in [5, 5.41) is 10.5. The van der Waals surface area contributed by atoms with Crippen LogP contribution in [0.1, 0.15) is 22.5 Å². The molecule has 1 atom stereocenters. The maximum Gasteiger partial charge on any atom is 0.260 e. The fraction of sp³-hybridized carbons (Fsp3) is 0.438. The van der Waals surface area contributed by atoms with Crippen molar-refractivity contribution in [3.8, 4) is 0 Å². The predicted octanol–water partition coefficient (Wildman–Crippen LogP) is 1.47. The average molecular weight is 334 g/mol. The third-order valence-electron chi connectivity index (χ3n) is 4.65. The molecule has 2 N–H and O–H groups in total. The number of likely N-dealkylation sites (tertiary alicyclic amines) is 1. The monoisotopic (exact) mass is 334 g/mol. The number of fused-ring (bicyclic) bond motifs is 1. The van der Waals surface area contributed by atoms with Gasteiger partial charge in [0.1, 0.15) is 5.92 Å². The molecule has 2 heterocycles. The fourth-order valence-corrected chi connectivity index (χ4v) is 2.99. The van der Waals surface area contributed by atoms with Crippen LogP contribution in [-0.2, 0) is 4.79 Å². The van der Waals surface area contributed by atoms with Crippen LogP contribution in [0.5, 0.6) is 0 Å². The lowest BCUT2D eigenvalue weighted by Gasteiger charge is -2.39. The molecular weight excluding hydrogens is 318 g/mol. The molecule has 126 valence electrons. The van der Waals surface area contributed by atoms with Crippen molar-refractivity contribution in [2.75, 3.05) is 13.1 Å². The molecule has 0 spiro atoms. The van der Waals surface area contributed by atoms with Gasteiger partial charge in [0, 0.05) is 36.2 Å². The van der Waals surface area contributed by atoms with E-state index in [1.54, 1.807) is 23.1 Å². The highest BCUT2D eigenvalue weighted by molar-refractivity contribution is 5.99. The van der Waals surface area contributed by atoms with Crippen molar-refractivity contribution in [1.29, 1.82) is 0 Å². The minimum Gasteiger partial charge on any atom is -0.349 e. The van der Waals surface area contributed by atoms with E-state index in [9.17, 15) is 18.4 Å². The molecular formula is C16H16F2N4O2. The molecule has 1 unspecified atom stereocenters. The van der Waals surface area contributed by atoms with Crippen LogP contribution in [0.2, 0.25) is 0 Å². The molecule has 8 heteroatoms. The normalized spacial score (nSPS) is 22.3. The average Bonchev–Trinajstić information content (AvgIpc) is 2.99. The summed E-state index contributed by atoms with van der Waals surface area (Å²) in [6.07, 6.45) is -0.377. The number of benzene rings is 1. The summed E-state index contributed by atoms with van der Waals surface area (Å²) in [7, 11) is 0. The van der Waals surface area contributed by atoms with Crippen molar-refractivity contribution in [3.05, 3.63) is 29.5 Å². The summed E-state index contributed by atoms with van der Waals surface area (Å²) in [5.41, 5.74) is 2.23. The third kappa shape index (κ3) is 2.42. The zero-order valence-electron chi connectivity index (χ0n) is 13.0. The third-order valence-corrected chi connectivity index (χ3v) is 4.65. The van der Waals surface area contributed by atoms with Gasteiger partial charge in [-0.05, 0) is 25.1 Å². The number of carbonyl (C=O) groups excluding carboxylic acids is 2. The molecule has 1 aliphatic carbocycles. The lowest BCUT2D eigenvalue weighted by atomic mass is 10.0. The molecule has 2 aromatic rings. The van der Waals surface area contributed by atoms with Crippen molar-refractivity contribution >= 4 is 22.7 Å². The van der Waals surface area contributed by atoms with Gasteiger partial charge >= 0.3 is 0 Å². The van der Waals surface area contributed by atoms with Crippen molar-refractivity contribution in [3.63, 3.8) is 0 Å². The molecule has 1 aromatic carbocycles. The van der Waals surface area contributed by atoms with Crippen LogP contribution in [0, 0.1) is 12.8 Å². The van der Waals surface area contributed by atoms with Gasteiger partial charge in [0.25, 0.3) is 11.8 Å². The van der Waals surface area contributed by atoms with Crippen LogP contribution in [0.3, 0.4) is 0 Å². The molecule has 0 bridgehead atoms. The Hall–Kier alpha value is -2.51. The summed E-state index contributed by atoms with van der Waals surface area (Å²) < 4.78 is 25.7. The number of halogens is 2. The number of nitrogens with one attached hydrogen (secondary N) is 2. The quantitative estimate of drug-likeness (QED) is 0.892. The molecule has 1 saturated carbocycles. The number of aromatic amines is 1. The Kier molecular flexibility index (Phi) is 3.13. The van der Waals surface area contributed by atoms with Gasteiger partial charge in [-0.1, -0.05) is 0 Å². The molecule has 0 radical (unpaired) electrons. The van der Waals surface area contributed by atoms with Crippen LogP contribution >= 0.6 is 0 Å². The largest absolute Gasteiger partial charge is 0.349 e. The number of carbonyl (C=O) groups is 2. The number of H-pyrrole nitrogens is 1. The van der Waals surface area contributed by atoms with Crippen LogP contribution < -0.4 is 5.32 Å². The van der Waals surface area contributed by atoms with Gasteiger partial charge in [-0.25, -0.2) is 8.78 Å². The molecule has 4 rings (SSSR count). The summed E-state index contributed by atoms with van der Waals surface area (Å²) in [6, 6.07) is 5.02. The van der Waals surface area contributed by atoms with Gasteiger partial charge in [0.15, 0.2) is 0 Å². The van der Waals surface area contributed by atoms with E-state index in [2.05, 4.69) is 15.5 Å².